The summed E-state index contributed by atoms with van der Waals surface area (Å²) in [4.78, 5) is 2.38. The van der Waals surface area contributed by atoms with E-state index in [4.69, 9.17) is 8.83 Å². The molecule has 316 valence electrons. The highest BCUT2D eigenvalue weighted by atomic mass is 16.3. The van der Waals surface area contributed by atoms with E-state index < -0.39 is 5.41 Å². The van der Waals surface area contributed by atoms with Crippen LogP contribution in [0.1, 0.15) is 22.3 Å². The second kappa shape index (κ2) is 14.0. The lowest BCUT2D eigenvalue weighted by Crippen LogP contribution is -2.25. The van der Waals surface area contributed by atoms with Crippen molar-refractivity contribution in [1.29, 1.82) is 0 Å². The molecule has 3 nitrogen and oxygen atoms in total. The molecule has 68 heavy (non-hydrogen) atoms. The molecule has 3 heteroatoms. The third kappa shape index (κ3) is 5.07. The number of furan rings is 2. The fourth-order valence-corrected chi connectivity index (χ4v) is 12.1. The van der Waals surface area contributed by atoms with E-state index in [9.17, 15) is 0 Å². The molecule has 2 aromatic heterocycles. The fraction of sp³-hybridized carbons (Fsp3) is 0.0154. The molecule has 11 aromatic carbocycles. The monoisotopic (exact) mass is 865 g/mol. The largest absolute Gasteiger partial charge is 0.456 e. The first-order valence-electron chi connectivity index (χ1n) is 23.4. The van der Waals surface area contributed by atoms with E-state index >= 15 is 0 Å². The van der Waals surface area contributed by atoms with Gasteiger partial charge in [-0.1, -0.05) is 176 Å². The Morgan fingerprint density at radius 3 is 1.62 bits per heavy atom. The van der Waals surface area contributed by atoms with Crippen molar-refractivity contribution in [3.63, 3.8) is 0 Å². The third-order valence-electron chi connectivity index (χ3n) is 14.9. The van der Waals surface area contributed by atoms with E-state index in [2.05, 4.69) is 223 Å². The van der Waals surface area contributed by atoms with Crippen LogP contribution >= 0.6 is 0 Å². The van der Waals surface area contributed by atoms with Crippen LogP contribution in [0.4, 0.5) is 17.1 Å². The van der Waals surface area contributed by atoms with Crippen LogP contribution in [0, 0.1) is 0 Å². The van der Waals surface area contributed by atoms with Crippen LogP contribution in [-0.2, 0) is 5.41 Å². The molecule has 0 amide bonds. The Morgan fingerprint density at radius 2 is 0.838 bits per heavy atom. The van der Waals surface area contributed by atoms with E-state index in [1.54, 1.807) is 0 Å². The van der Waals surface area contributed by atoms with Crippen LogP contribution < -0.4 is 4.90 Å². The smallest absolute Gasteiger partial charge is 0.137 e. The Bertz CT molecular complexity index is 4210. The Morgan fingerprint density at radius 1 is 0.309 bits per heavy atom. The highest BCUT2D eigenvalue weighted by Gasteiger charge is 2.52. The van der Waals surface area contributed by atoms with Gasteiger partial charge in [-0.05, 0) is 138 Å². The summed E-state index contributed by atoms with van der Waals surface area (Å²) in [5, 5.41) is 6.99. The molecule has 2 aliphatic carbocycles. The van der Waals surface area contributed by atoms with Crippen molar-refractivity contribution >= 4 is 71.7 Å². The number of benzene rings is 11. The zero-order valence-corrected chi connectivity index (χ0v) is 36.8. The first-order chi connectivity index (χ1) is 33.7. The van der Waals surface area contributed by atoms with E-state index in [0.29, 0.717) is 0 Å². The van der Waals surface area contributed by atoms with Gasteiger partial charge in [0.05, 0.1) is 16.5 Å². The van der Waals surface area contributed by atoms with Gasteiger partial charge in [0.15, 0.2) is 0 Å². The first-order valence-corrected chi connectivity index (χ1v) is 23.4. The van der Waals surface area contributed by atoms with Crippen molar-refractivity contribution in [3.05, 3.63) is 259 Å². The standard InChI is InChI=1S/C65H39NO2/c1-2-14-46-41(13-1)31-37-56-63(46)50-17-4-8-21-54(50)65(56)53-20-7-3-16-49(53)62-47(19-11-22-55(62)65)42-29-35-45(36-30-42)66(57-23-12-26-61-64(57)51-18-6-10-25-59(51)68-61)44-33-27-40(28-34-44)43-32-38-60-52(39-43)48-15-5-9-24-58(48)67-60/h1-39H. The van der Waals surface area contributed by atoms with Crippen LogP contribution in [0.2, 0.25) is 0 Å². The van der Waals surface area contributed by atoms with Gasteiger partial charge in [0.2, 0.25) is 0 Å². The Balaban J connectivity index is 0.887. The van der Waals surface area contributed by atoms with Gasteiger partial charge in [-0.2, -0.15) is 0 Å². The summed E-state index contributed by atoms with van der Waals surface area (Å²) in [6.07, 6.45) is 0. The van der Waals surface area contributed by atoms with E-state index in [1.165, 1.54) is 66.4 Å². The summed E-state index contributed by atoms with van der Waals surface area (Å²) in [5.74, 6) is 0. The average molecular weight is 866 g/mol. The molecule has 15 rings (SSSR count). The summed E-state index contributed by atoms with van der Waals surface area (Å²) in [5.41, 5.74) is 21.6. The number of hydrogen-bond acceptors (Lipinski definition) is 3. The Hall–Kier alpha value is -8.92. The summed E-state index contributed by atoms with van der Waals surface area (Å²) >= 11 is 0. The lowest BCUT2D eigenvalue weighted by molar-refractivity contribution is 0.668. The van der Waals surface area contributed by atoms with Gasteiger partial charge < -0.3 is 13.7 Å². The first kappa shape index (κ1) is 37.3. The van der Waals surface area contributed by atoms with Crippen LogP contribution in [0.5, 0.6) is 0 Å². The zero-order valence-electron chi connectivity index (χ0n) is 36.8. The maximum Gasteiger partial charge on any atom is 0.137 e. The molecule has 13 aromatic rings. The van der Waals surface area contributed by atoms with Crippen molar-refractivity contribution in [2.75, 3.05) is 4.90 Å². The number of rotatable bonds is 5. The van der Waals surface area contributed by atoms with Gasteiger partial charge >= 0.3 is 0 Å². The topological polar surface area (TPSA) is 29.5 Å². The zero-order chi connectivity index (χ0) is 44.5. The maximum absolute atomic E-state index is 6.47. The van der Waals surface area contributed by atoms with E-state index in [-0.39, 0.29) is 0 Å². The van der Waals surface area contributed by atoms with Crippen LogP contribution in [0.25, 0.3) is 99.2 Å². The van der Waals surface area contributed by atoms with E-state index in [0.717, 1.165) is 72.1 Å². The quantitative estimate of drug-likeness (QED) is 0.173. The summed E-state index contributed by atoms with van der Waals surface area (Å²) in [6, 6.07) is 86.3. The number of anilines is 3. The third-order valence-corrected chi connectivity index (χ3v) is 14.9. The van der Waals surface area contributed by atoms with Crippen molar-refractivity contribution in [3.8, 4) is 44.5 Å². The normalized spacial score (nSPS) is 14.5. The maximum atomic E-state index is 6.47. The second-order valence-electron chi connectivity index (χ2n) is 18.3. The predicted molar refractivity (Wildman–Crippen MR) is 280 cm³/mol. The average Bonchev–Trinajstić information content (AvgIpc) is 4.14. The molecule has 0 N–H and O–H groups in total. The number of fused-ring (bicyclic) bond motifs is 18. The molecule has 1 spiro atoms. The molecular weight excluding hydrogens is 827 g/mol. The van der Waals surface area contributed by atoms with Gasteiger partial charge in [-0.3, -0.25) is 0 Å². The molecular formula is C65H39NO2. The van der Waals surface area contributed by atoms with Crippen molar-refractivity contribution in [2.45, 2.75) is 5.41 Å². The number of nitrogens with zero attached hydrogens (tertiary/aromatic N) is 1. The molecule has 1 atom stereocenters. The predicted octanol–water partition coefficient (Wildman–Crippen LogP) is 17.8. The van der Waals surface area contributed by atoms with Gasteiger partial charge in [0.1, 0.15) is 22.3 Å². The minimum Gasteiger partial charge on any atom is -0.456 e. The molecule has 0 bridgehead atoms. The highest BCUT2D eigenvalue weighted by Crippen LogP contribution is 2.65. The van der Waals surface area contributed by atoms with Crippen LogP contribution in [0.3, 0.4) is 0 Å². The molecule has 0 aliphatic heterocycles. The molecule has 2 aliphatic rings. The highest BCUT2D eigenvalue weighted by molar-refractivity contribution is 6.14. The lowest BCUT2D eigenvalue weighted by atomic mass is 9.70. The summed E-state index contributed by atoms with van der Waals surface area (Å²) < 4.78 is 12.6. The fourth-order valence-electron chi connectivity index (χ4n) is 12.1. The molecule has 2 heterocycles. The van der Waals surface area contributed by atoms with Crippen LogP contribution in [-0.4, -0.2) is 0 Å². The Kier molecular flexibility index (Phi) is 7.71. The molecule has 0 saturated heterocycles. The van der Waals surface area contributed by atoms with Gasteiger partial charge in [-0.25, -0.2) is 0 Å². The number of hydrogen-bond donors (Lipinski definition) is 0. The molecule has 0 radical (unpaired) electrons. The summed E-state index contributed by atoms with van der Waals surface area (Å²) in [6.45, 7) is 0. The van der Waals surface area contributed by atoms with E-state index in [1.807, 2.05) is 18.2 Å². The minimum absolute atomic E-state index is 0.440. The van der Waals surface area contributed by atoms with Gasteiger partial charge in [-0.15, -0.1) is 0 Å². The Labute approximate surface area is 392 Å². The van der Waals surface area contributed by atoms with Crippen molar-refractivity contribution in [2.24, 2.45) is 0 Å². The molecule has 0 fully saturated rings. The van der Waals surface area contributed by atoms with Crippen LogP contribution in [0.15, 0.2) is 245 Å². The van der Waals surface area contributed by atoms with Gasteiger partial charge in [0, 0.05) is 27.5 Å². The van der Waals surface area contributed by atoms with Crippen molar-refractivity contribution < 1.29 is 8.83 Å². The summed E-state index contributed by atoms with van der Waals surface area (Å²) in [7, 11) is 0. The SMILES string of the molecule is c1ccc2c(c1)-c1c(-c3ccc(N(c4ccc(-c5ccc6oc7ccccc7c6c5)cc4)c4cccc5oc6ccccc6c45)cc3)cccc1C21c2ccccc2-c2c1ccc1ccccc21. The van der Waals surface area contributed by atoms with Crippen molar-refractivity contribution in [1.82, 2.24) is 0 Å². The number of para-hydroxylation sites is 2. The second-order valence-corrected chi connectivity index (χ2v) is 18.3. The molecule has 1 unspecified atom stereocenters. The minimum atomic E-state index is -0.440. The van der Waals surface area contributed by atoms with Gasteiger partial charge in [0.25, 0.3) is 0 Å². The molecule has 0 saturated carbocycles. The lowest BCUT2D eigenvalue weighted by Gasteiger charge is -2.30.